The number of phenolic OH excluding ortho intramolecular Hbond substituents is 1. The Morgan fingerprint density at radius 3 is 2.46 bits per heavy atom. The molecule has 3 rings (SSSR count). The van der Waals surface area contributed by atoms with Crippen molar-refractivity contribution in [2.24, 2.45) is 11.3 Å². The van der Waals surface area contributed by atoms with Gasteiger partial charge in [0, 0.05) is 19.1 Å². The number of rotatable bonds is 3. The molecule has 1 aliphatic carbocycles. The Morgan fingerprint density at radius 1 is 1.14 bits per heavy atom. The topological polar surface area (TPSA) is 78.9 Å². The number of hydrogen-bond donors (Lipinski definition) is 2. The maximum atomic E-state index is 13.3. The average Bonchev–Trinajstić information content (AvgIpc) is 2.68. The van der Waals surface area contributed by atoms with Crippen molar-refractivity contribution < 1.29 is 19.4 Å². The summed E-state index contributed by atoms with van der Waals surface area (Å²) in [7, 11) is 1.35. The van der Waals surface area contributed by atoms with E-state index in [-0.39, 0.29) is 29.0 Å². The number of likely N-dealkylation sites (tertiary alicyclic amines) is 1. The summed E-state index contributed by atoms with van der Waals surface area (Å²) < 4.78 is 4.74. The molecule has 2 N–H and O–H groups in total. The van der Waals surface area contributed by atoms with Gasteiger partial charge in [0.15, 0.2) is 0 Å². The summed E-state index contributed by atoms with van der Waals surface area (Å²) in [6.07, 6.45) is 4.10. The van der Waals surface area contributed by atoms with Gasteiger partial charge in [-0.05, 0) is 48.3 Å². The minimum Gasteiger partial charge on any atom is -0.508 e. The zero-order valence-corrected chi connectivity index (χ0v) is 17.1. The molecule has 154 valence electrons. The van der Waals surface area contributed by atoms with Crippen LogP contribution >= 0.6 is 0 Å². The first-order chi connectivity index (χ1) is 13.3. The predicted octanol–water partition coefficient (Wildman–Crippen LogP) is 3.65. The molecule has 1 aliphatic heterocycles. The van der Waals surface area contributed by atoms with Crippen LogP contribution in [0.1, 0.15) is 57.4 Å². The van der Waals surface area contributed by atoms with E-state index in [9.17, 15) is 14.7 Å². The lowest BCUT2D eigenvalue weighted by molar-refractivity contribution is -0.141. The minimum atomic E-state index is -0.462. The van der Waals surface area contributed by atoms with E-state index in [1.54, 1.807) is 12.1 Å². The van der Waals surface area contributed by atoms with Crippen LogP contribution in [-0.4, -0.2) is 48.2 Å². The van der Waals surface area contributed by atoms with Gasteiger partial charge in [-0.2, -0.15) is 0 Å². The number of benzene rings is 1. The fourth-order valence-corrected chi connectivity index (χ4v) is 4.91. The van der Waals surface area contributed by atoms with Crippen molar-refractivity contribution in [2.45, 2.75) is 57.9 Å². The smallest absolute Gasteiger partial charge is 0.407 e. The second-order valence-electron chi connectivity index (χ2n) is 8.81. The number of phenols is 1. The van der Waals surface area contributed by atoms with Crippen LogP contribution in [0.3, 0.4) is 0 Å². The highest BCUT2D eigenvalue weighted by atomic mass is 16.5. The molecular formula is C22H32N2O4. The molecule has 6 heteroatoms. The lowest BCUT2D eigenvalue weighted by atomic mass is 9.70. The lowest BCUT2D eigenvalue weighted by Gasteiger charge is -2.46. The Bertz CT molecular complexity index is 701. The first kappa shape index (κ1) is 20.5. The van der Waals surface area contributed by atoms with Crippen LogP contribution in [-0.2, 0) is 9.53 Å². The highest BCUT2D eigenvalue weighted by Crippen LogP contribution is 2.43. The van der Waals surface area contributed by atoms with E-state index in [1.807, 2.05) is 17.0 Å². The van der Waals surface area contributed by atoms with E-state index in [4.69, 9.17) is 4.74 Å². The third-order valence-electron chi connectivity index (χ3n) is 6.41. The molecular weight excluding hydrogens is 356 g/mol. The normalized spacial score (nSPS) is 27.1. The summed E-state index contributed by atoms with van der Waals surface area (Å²) >= 11 is 0. The van der Waals surface area contributed by atoms with Crippen LogP contribution in [0.25, 0.3) is 0 Å². The fraction of sp³-hybridized carbons (Fsp3) is 0.636. The molecule has 1 aromatic rings. The van der Waals surface area contributed by atoms with Crippen molar-refractivity contribution in [3.05, 3.63) is 29.8 Å². The summed E-state index contributed by atoms with van der Waals surface area (Å²) in [5.41, 5.74) is 1.14. The van der Waals surface area contributed by atoms with Crippen molar-refractivity contribution in [3.63, 3.8) is 0 Å². The highest BCUT2D eigenvalue weighted by Gasteiger charge is 2.42. The average molecular weight is 389 g/mol. The number of amides is 2. The Kier molecular flexibility index (Phi) is 6.16. The van der Waals surface area contributed by atoms with Gasteiger partial charge in [0.1, 0.15) is 5.75 Å². The number of carbonyl (C=O) groups excluding carboxylic acids is 2. The van der Waals surface area contributed by atoms with Gasteiger partial charge < -0.3 is 20.1 Å². The zero-order valence-electron chi connectivity index (χ0n) is 17.1. The van der Waals surface area contributed by atoms with Crippen LogP contribution in [0.4, 0.5) is 4.79 Å². The first-order valence-electron chi connectivity index (χ1n) is 10.2. The molecule has 0 bridgehead atoms. The number of nitrogens with zero attached hydrogens (tertiary/aromatic N) is 1. The molecule has 1 saturated heterocycles. The Morgan fingerprint density at radius 2 is 1.82 bits per heavy atom. The molecule has 3 unspecified atom stereocenters. The number of carbonyl (C=O) groups is 2. The zero-order chi connectivity index (χ0) is 20.3. The van der Waals surface area contributed by atoms with E-state index < -0.39 is 6.09 Å². The van der Waals surface area contributed by atoms with E-state index in [0.717, 1.165) is 38.6 Å². The molecule has 2 amide bonds. The van der Waals surface area contributed by atoms with Gasteiger partial charge in [-0.3, -0.25) is 4.79 Å². The Balaban J connectivity index is 1.69. The van der Waals surface area contributed by atoms with Gasteiger partial charge >= 0.3 is 6.09 Å². The van der Waals surface area contributed by atoms with Gasteiger partial charge in [-0.15, -0.1) is 0 Å². The molecule has 6 nitrogen and oxygen atoms in total. The molecule has 2 aliphatic rings. The van der Waals surface area contributed by atoms with E-state index in [1.165, 1.54) is 12.7 Å². The van der Waals surface area contributed by atoms with Crippen LogP contribution in [0.5, 0.6) is 5.75 Å². The third-order valence-corrected chi connectivity index (χ3v) is 6.41. The number of alkyl carbamates (subject to hydrolysis) is 1. The predicted molar refractivity (Wildman–Crippen MR) is 107 cm³/mol. The van der Waals surface area contributed by atoms with Crippen molar-refractivity contribution in [2.75, 3.05) is 20.2 Å². The molecule has 1 saturated carbocycles. The summed E-state index contributed by atoms with van der Waals surface area (Å²) in [6, 6.07) is 7.28. The fourth-order valence-electron chi connectivity index (χ4n) is 4.91. The number of hydrogen-bond acceptors (Lipinski definition) is 4. The number of methoxy groups -OCH3 is 1. The van der Waals surface area contributed by atoms with Gasteiger partial charge in [-0.25, -0.2) is 4.79 Å². The monoisotopic (exact) mass is 388 g/mol. The molecule has 0 aromatic heterocycles. The largest absolute Gasteiger partial charge is 0.508 e. The van der Waals surface area contributed by atoms with Gasteiger partial charge in [0.2, 0.25) is 5.91 Å². The molecule has 2 fully saturated rings. The Labute approximate surface area is 167 Å². The van der Waals surface area contributed by atoms with Gasteiger partial charge in [0.05, 0.1) is 13.0 Å². The molecule has 1 heterocycles. The summed E-state index contributed by atoms with van der Waals surface area (Å²) in [6.45, 7) is 5.82. The Hall–Kier alpha value is -2.24. The van der Waals surface area contributed by atoms with Gasteiger partial charge in [-0.1, -0.05) is 38.8 Å². The van der Waals surface area contributed by atoms with Crippen molar-refractivity contribution in [3.8, 4) is 5.75 Å². The highest BCUT2D eigenvalue weighted by molar-refractivity contribution is 5.81. The van der Waals surface area contributed by atoms with Crippen LogP contribution < -0.4 is 5.32 Å². The molecule has 3 atom stereocenters. The van der Waals surface area contributed by atoms with Crippen LogP contribution in [0.2, 0.25) is 0 Å². The summed E-state index contributed by atoms with van der Waals surface area (Å²) in [5, 5.41) is 12.4. The quantitative estimate of drug-likeness (QED) is 0.828. The maximum absolute atomic E-state index is 13.3. The molecule has 0 spiro atoms. The molecule has 1 aromatic carbocycles. The first-order valence-corrected chi connectivity index (χ1v) is 10.2. The van der Waals surface area contributed by atoms with Crippen LogP contribution in [0.15, 0.2) is 24.3 Å². The van der Waals surface area contributed by atoms with Crippen molar-refractivity contribution in [1.82, 2.24) is 10.2 Å². The number of aromatic hydroxyl groups is 1. The van der Waals surface area contributed by atoms with Crippen LogP contribution in [0, 0.1) is 11.3 Å². The number of nitrogens with one attached hydrogen (secondary N) is 1. The third kappa shape index (κ3) is 4.42. The maximum Gasteiger partial charge on any atom is 0.407 e. The van der Waals surface area contributed by atoms with Gasteiger partial charge in [0.25, 0.3) is 0 Å². The van der Waals surface area contributed by atoms with Crippen molar-refractivity contribution in [1.29, 1.82) is 0 Å². The number of piperidine rings is 1. The minimum absolute atomic E-state index is 0.0647. The molecule has 28 heavy (non-hydrogen) atoms. The second kappa shape index (κ2) is 8.41. The summed E-state index contributed by atoms with van der Waals surface area (Å²) in [5.74, 6) is 0.593. The second-order valence-corrected chi connectivity index (χ2v) is 8.81. The SMILES string of the molecule is COC(=O)NC1CCCCC1C(=O)N1CCC(c2ccc(O)cc2)C(C)(C)C1. The summed E-state index contributed by atoms with van der Waals surface area (Å²) in [4.78, 5) is 27.0. The standard InChI is InChI=1S/C22H32N2O4/c1-22(2)14-24(13-12-18(22)15-8-10-16(25)11-9-15)20(26)17-6-4-5-7-19(17)23-21(27)28-3/h8-11,17-19,25H,4-7,12-14H2,1-3H3,(H,23,27). The van der Waals surface area contributed by atoms with E-state index >= 15 is 0 Å². The molecule has 0 radical (unpaired) electrons. The van der Waals surface area contributed by atoms with Crippen molar-refractivity contribution >= 4 is 12.0 Å². The van der Waals surface area contributed by atoms with E-state index in [0.29, 0.717) is 12.5 Å². The van der Waals surface area contributed by atoms with E-state index in [2.05, 4.69) is 19.2 Å². The number of ether oxygens (including phenoxy) is 1. The lowest BCUT2D eigenvalue weighted by Crippen LogP contribution is -2.54.